The third-order valence-corrected chi connectivity index (χ3v) is 4.56. The SMILES string of the molecule is COc1cc(OC)c(S(=O)c2ccc(C)cc2)c(OC)c1. The predicted molar refractivity (Wildman–Crippen MR) is 82.0 cm³/mol. The van der Waals surface area contributed by atoms with E-state index in [9.17, 15) is 4.21 Å². The Morgan fingerprint density at radius 1 is 0.857 bits per heavy atom. The number of aryl methyl sites for hydroxylation is 1. The molecule has 2 aromatic rings. The Bertz CT molecular complexity index is 625. The van der Waals surface area contributed by atoms with Gasteiger partial charge in [0.2, 0.25) is 0 Å². The summed E-state index contributed by atoms with van der Waals surface area (Å²) < 4.78 is 28.7. The first-order chi connectivity index (χ1) is 10.1. The van der Waals surface area contributed by atoms with Crippen molar-refractivity contribution in [3.8, 4) is 17.2 Å². The molecule has 0 radical (unpaired) electrons. The van der Waals surface area contributed by atoms with Crippen molar-refractivity contribution in [1.29, 1.82) is 0 Å². The second kappa shape index (κ2) is 6.63. The molecule has 0 saturated carbocycles. The van der Waals surface area contributed by atoms with Gasteiger partial charge in [0.1, 0.15) is 22.1 Å². The number of ether oxygens (including phenoxy) is 3. The summed E-state index contributed by atoms with van der Waals surface area (Å²) in [5, 5.41) is 0. The number of methoxy groups -OCH3 is 3. The maximum Gasteiger partial charge on any atom is 0.142 e. The largest absolute Gasteiger partial charge is 0.496 e. The van der Waals surface area contributed by atoms with E-state index in [1.54, 1.807) is 19.2 Å². The monoisotopic (exact) mass is 306 g/mol. The minimum Gasteiger partial charge on any atom is -0.496 e. The fourth-order valence-electron chi connectivity index (χ4n) is 1.94. The number of hydrogen-bond donors (Lipinski definition) is 0. The van der Waals surface area contributed by atoms with E-state index < -0.39 is 10.8 Å². The fraction of sp³-hybridized carbons (Fsp3) is 0.250. The quantitative estimate of drug-likeness (QED) is 0.851. The van der Waals surface area contributed by atoms with Gasteiger partial charge in [-0.2, -0.15) is 0 Å². The Labute approximate surface area is 127 Å². The summed E-state index contributed by atoms with van der Waals surface area (Å²) in [6.45, 7) is 1.99. The lowest BCUT2D eigenvalue weighted by Crippen LogP contribution is -2.01. The molecule has 0 aliphatic rings. The van der Waals surface area contributed by atoms with Crippen LogP contribution in [0.25, 0.3) is 0 Å². The molecule has 21 heavy (non-hydrogen) atoms. The highest BCUT2D eigenvalue weighted by Gasteiger charge is 2.20. The molecule has 1 unspecified atom stereocenters. The van der Waals surface area contributed by atoms with Gasteiger partial charge in [-0.15, -0.1) is 0 Å². The van der Waals surface area contributed by atoms with E-state index in [0.717, 1.165) is 5.56 Å². The van der Waals surface area contributed by atoms with Gasteiger partial charge < -0.3 is 14.2 Å². The highest BCUT2D eigenvalue weighted by Crippen LogP contribution is 2.38. The van der Waals surface area contributed by atoms with Crippen LogP contribution in [0.1, 0.15) is 5.56 Å². The summed E-state index contributed by atoms with van der Waals surface area (Å²) in [7, 11) is 3.23. The van der Waals surface area contributed by atoms with E-state index in [2.05, 4.69) is 0 Å². The lowest BCUT2D eigenvalue weighted by molar-refractivity contribution is 0.360. The van der Waals surface area contributed by atoms with Crippen LogP contribution in [0.4, 0.5) is 0 Å². The minimum absolute atomic E-state index is 0.477. The van der Waals surface area contributed by atoms with Crippen LogP contribution in [-0.4, -0.2) is 25.5 Å². The molecule has 0 aliphatic carbocycles. The lowest BCUT2D eigenvalue weighted by Gasteiger charge is -2.14. The van der Waals surface area contributed by atoms with Gasteiger partial charge in [0.15, 0.2) is 0 Å². The van der Waals surface area contributed by atoms with Gasteiger partial charge in [-0.3, -0.25) is 0 Å². The molecule has 0 saturated heterocycles. The van der Waals surface area contributed by atoms with E-state index in [0.29, 0.717) is 27.0 Å². The Hall–Kier alpha value is -2.01. The van der Waals surface area contributed by atoms with Crippen LogP contribution in [0.5, 0.6) is 17.2 Å². The van der Waals surface area contributed by atoms with Gasteiger partial charge in [-0.05, 0) is 19.1 Å². The third-order valence-electron chi connectivity index (χ3n) is 3.09. The van der Waals surface area contributed by atoms with E-state index in [1.807, 2.05) is 31.2 Å². The van der Waals surface area contributed by atoms with Gasteiger partial charge in [-0.1, -0.05) is 17.7 Å². The van der Waals surface area contributed by atoms with Crippen LogP contribution in [0.3, 0.4) is 0 Å². The molecule has 0 bridgehead atoms. The van der Waals surface area contributed by atoms with Crippen LogP contribution in [-0.2, 0) is 10.8 Å². The standard InChI is InChI=1S/C16H18O4S/c1-11-5-7-13(8-6-11)21(17)16-14(19-3)9-12(18-2)10-15(16)20-4/h5-10H,1-4H3. The Morgan fingerprint density at radius 2 is 1.38 bits per heavy atom. The van der Waals surface area contributed by atoms with Crippen LogP contribution < -0.4 is 14.2 Å². The zero-order valence-electron chi connectivity index (χ0n) is 12.5. The Morgan fingerprint density at radius 3 is 1.81 bits per heavy atom. The van der Waals surface area contributed by atoms with Crippen LogP contribution in [0.2, 0.25) is 0 Å². The molecule has 5 heteroatoms. The smallest absolute Gasteiger partial charge is 0.142 e. The van der Waals surface area contributed by atoms with Gasteiger partial charge >= 0.3 is 0 Å². The molecule has 0 spiro atoms. The zero-order valence-corrected chi connectivity index (χ0v) is 13.3. The fourth-order valence-corrected chi connectivity index (χ4v) is 3.21. The van der Waals surface area contributed by atoms with Crippen molar-refractivity contribution >= 4 is 10.8 Å². The van der Waals surface area contributed by atoms with Crippen molar-refractivity contribution in [3.63, 3.8) is 0 Å². The Kier molecular flexibility index (Phi) is 4.85. The van der Waals surface area contributed by atoms with Crippen molar-refractivity contribution < 1.29 is 18.4 Å². The Balaban J connectivity index is 2.55. The summed E-state index contributed by atoms with van der Waals surface area (Å²) in [6.07, 6.45) is 0. The number of benzene rings is 2. The van der Waals surface area contributed by atoms with Crippen molar-refractivity contribution in [2.24, 2.45) is 0 Å². The molecular weight excluding hydrogens is 288 g/mol. The number of rotatable bonds is 5. The third kappa shape index (κ3) is 3.19. The summed E-state index contributed by atoms with van der Waals surface area (Å²) in [6, 6.07) is 10.9. The van der Waals surface area contributed by atoms with Crippen LogP contribution >= 0.6 is 0 Å². The second-order valence-corrected chi connectivity index (χ2v) is 5.86. The van der Waals surface area contributed by atoms with E-state index in [1.165, 1.54) is 14.2 Å². The maximum absolute atomic E-state index is 12.8. The normalized spacial score (nSPS) is 11.8. The van der Waals surface area contributed by atoms with Crippen LogP contribution in [0, 0.1) is 6.92 Å². The molecule has 1 atom stereocenters. The molecule has 2 aromatic carbocycles. The lowest BCUT2D eigenvalue weighted by atomic mass is 10.2. The maximum atomic E-state index is 12.8. The van der Waals surface area contributed by atoms with Gasteiger partial charge in [0.25, 0.3) is 0 Å². The highest BCUT2D eigenvalue weighted by molar-refractivity contribution is 7.85. The van der Waals surface area contributed by atoms with Crippen molar-refractivity contribution in [1.82, 2.24) is 0 Å². The molecule has 0 fully saturated rings. The van der Waals surface area contributed by atoms with Crippen molar-refractivity contribution in [2.75, 3.05) is 21.3 Å². The van der Waals surface area contributed by atoms with E-state index in [-0.39, 0.29) is 0 Å². The zero-order chi connectivity index (χ0) is 15.4. The van der Waals surface area contributed by atoms with E-state index in [4.69, 9.17) is 14.2 Å². The van der Waals surface area contributed by atoms with Gasteiger partial charge in [-0.25, -0.2) is 4.21 Å². The summed E-state index contributed by atoms with van der Waals surface area (Å²) >= 11 is 0. The molecule has 0 aromatic heterocycles. The van der Waals surface area contributed by atoms with Gasteiger partial charge in [0, 0.05) is 17.0 Å². The molecule has 0 heterocycles. The molecule has 0 aliphatic heterocycles. The summed E-state index contributed by atoms with van der Waals surface area (Å²) in [4.78, 5) is 1.20. The summed E-state index contributed by atoms with van der Waals surface area (Å²) in [5.41, 5.74) is 1.12. The molecule has 0 N–H and O–H groups in total. The average molecular weight is 306 g/mol. The van der Waals surface area contributed by atoms with E-state index >= 15 is 0 Å². The summed E-state index contributed by atoms with van der Waals surface area (Å²) in [5.74, 6) is 1.54. The number of hydrogen-bond acceptors (Lipinski definition) is 4. The average Bonchev–Trinajstić information content (AvgIpc) is 2.53. The molecule has 112 valence electrons. The minimum atomic E-state index is -1.39. The van der Waals surface area contributed by atoms with Crippen LogP contribution in [0.15, 0.2) is 46.2 Å². The topological polar surface area (TPSA) is 44.8 Å². The molecule has 2 rings (SSSR count). The molecule has 4 nitrogen and oxygen atoms in total. The highest BCUT2D eigenvalue weighted by atomic mass is 32.2. The van der Waals surface area contributed by atoms with Crippen molar-refractivity contribution in [2.45, 2.75) is 16.7 Å². The molecular formula is C16H18O4S. The predicted octanol–water partition coefficient (Wildman–Crippen LogP) is 3.19. The first kappa shape index (κ1) is 15.4. The first-order valence-electron chi connectivity index (χ1n) is 6.39. The molecule has 0 amide bonds. The first-order valence-corrected chi connectivity index (χ1v) is 7.54. The van der Waals surface area contributed by atoms with Crippen molar-refractivity contribution in [3.05, 3.63) is 42.0 Å². The van der Waals surface area contributed by atoms with Gasteiger partial charge in [0.05, 0.1) is 32.1 Å². The second-order valence-electron chi connectivity index (χ2n) is 4.44.